The van der Waals surface area contributed by atoms with Crippen LogP contribution in [0.5, 0.6) is 0 Å². The van der Waals surface area contributed by atoms with Gasteiger partial charge in [-0.2, -0.15) is 0 Å². The van der Waals surface area contributed by atoms with E-state index < -0.39 is 0 Å². The van der Waals surface area contributed by atoms with E-state index in [2.05, 4.69) is 37.4 Å². The third-order valence-electron chi connectivity index (χ3n) is 2.32. The van der Waals surface area contributed by atoms with Crippen LogP contribution in [0.2, 0.25) is 0 Å². The fourth-order valence-corrected chi connectivity index (χ4v) is 1.65. The van der Waals surface area contributed by atoms with Gasteiger partial charge in [0.25, 0.3) is 0 Å². The first-order chi connectivity index (χ1) is 7.38. The Kier molecular flexibility index (Phi) is 6.37. The Morgan fingerprint density at radius 2 is 2.20 bits per heavy atom. The Balaban J connectivity index is 0.000000337. The highest BCUT2D eigenvalue weighted by molar-refractivity contribution is 5.26. The van der Waals surface area contributed by atoms with Gasteiger partial charge in [-0.05, 0) is 18.4 Å². The third-order valence-corrected chi connectivity index (χ3v) is 2.32. The average molecular weight is 209 g/mol. The van der Waals surface area contributed by atoms with E-state index in [1.807, 2.05) is 0 Å². The summed E-state index contributed by atoms with van der Waals surface area (Å²) >= 11 is 0. The van der Waals surface area contributed by atoms with Crippen LogP contribution in [0.15, 0.2) is 23.8 Å². The summed E-state index contributed by atoms with van der Waals surface area (Å²) in [5.41, 5.74) is 1.36. The van der Waals surface area contributed by atoms with Crippen molar-refractivity contribution < 1.29 is 4.74 Å². The maximum atomic E-state index is 5.64. The second-order valence-corrected chi connectivity index (χ2v) is 3.95. The second-order valence-electron chi connectivity index (χ2n) is 3.95. The fraction of sp³-hybridized carbons (Fsp3) is 0.692. The molecule has 0 aromatic rings. The Labute approximate surface area is 93.4 Å². The highest BCUT2D eigenvalue weighted by Crippen LogP contribution is 2.16. The molecule has 2 rings (SSSR count). The number of ether oxygens (including phenoxy) is 1. The number of hydrogen-bond donors (Lipinski definition) is 1. The van der Waals surface area contributed by atoms with E-state index in [0.29, 0.717) is 6.10 Å². The van der Waals surface area contributed by atoms with Gasteiger partial charge in [-0.15, -0.1) is 0 Å². The highest BCUT2D eigenvalue weighted by atomic mass is 16.5. The van der Waals surface area contributed by atoms with Crippen molar-refractivity contribution in [2.75, 3.05) is 19.7 Å². The number of rotatable bonds is 1. The molecular weight excluding hydrogens is 186 g/mol. The minimum absolute atomic E-state index is 0.301. The summed E-state index contributed by atoms with van der Waals surface area (Å²) in [4.78, 5) is 0. The van der Waals surface area contributed by atoms with Crippen LogP contribution in [0.25, 0.3) is 0 Å². The van der Waals surface area contributed by atoms with Crippen LogP contribution in [-0.2, 0) is 4.74 Å². The van der Waals surface area contributed by atoms with Gasteiger partial charge in [0.05, 0.1) is 12.7 Å². The Bertz CT molecular complexity index is 215. The van der Waals surface area contributed by atoms with E-state index in [0.717, 1.165) is 19.7 Å². The molecule has 1 unspecified atom stereocenters. The summed E-state index contributed by atoms with van der Waals surface area (Å²) in [7, 11) is 0. The lowest BCUT2D eigenvalue weighted by Gasteiger charge is -2.25. The monoisotopic (exact) mass is 209 g/mol. The molecule has 1 heterocycles. The third kappa shape index (κ3) is 4.63. The van der Waals surface area contributed by atoms with Crippen molar-refractivity contribution in [3.05, 3.63) is 23.8 Å². The zero-order chi connectivity index (χ0) is 10.9. The van der Waals surface area contributed by atoms with Crippen molar-refractivity contribution in [3.8, 4) is 0 Å². The van der Waals surface area contributed by atoms with Gasteiger partial charge < -0.3 is 10.1 Å². The molecule has 15 heavy (non-hydrogen) atoms. The summed E-state index contributed by atoms with van der Waals surface area (Å²) in [5.74, 6) is 0. The SMILES string of the molecule is C1=CC(C2CNCCO2)=CCC1.CCC. The van der Waals surface area contributed by atoms with E-state index >= 15 is 0 Å². The quantitative estimate of drug-likeness (QED) is 0.717. The summed E-state index contributed by atoms with van der Waals surface area (Å²) in [6.07, 6.45) is 10.6. The second kappa shape index (κ2) is 7.66. The minimum atomic E-state index is 0.301. The summed E-state index contributed by atoms with van der Waals surface area (Å²) in [5, 5.41) is 3.33. The first kappa shape index (κ1) is 12.5. The zero-order valence-corrected chi connectivity index (χ0v) is 9.96. The number of morpholine rings is 1. The van der Waals surface area contributed by atoms with Gasteiger partial charge >= 0.3 is 0 Å². The Morgan fingerprint density at radius 3 is 2.73 bits per heavy atom. The van der Waals surface area contributed by atoms with Gasteiger partial charge in [-0.25, -0.2) is 0 Å². The molecule has 2 nitrogen and oxygen atoms in total. The van der Waals surface area contributed by atoms with Crippen LogP contribution in [-0.4, -0.2) is 25.8 Å². The topological polar surface area (TPSA) is 21.3 Å². The molecule has 1 N–H and O–H groups in total. The van der Waals surface area contributed by atoms with Crippen LogP contribution < -0.4 is 5.32 Å². The van der Waals surface area contributed by atoms with E-state index in [-0.39, 0.29) is 0 Å². The molecule has 86 valence electrons. The summed E-state index contributed by atoms with van der Waals surface area (Å²) in [6.45, 7) is 7.06. The maximum absolute atomic E-state index is 5.64. The summed E-state index contributed by atoms with van der Waals surface area (Å²) < 4.78 is 5.64. The number of hydrogen-bond acceptors (Lipinski definition) is 2. The molecule has 0 radical (unpaired) electrons. The van der Waals surface area contributed by atoms with Crippen LogP contribution in [0.3, 0.4) is 0 Å². The largest absolute Gasteiger partial charge is 0.371 e. The van der Waals surface area contributed by atoms with Gasteiger partial charge in [-0.1, -0.05) is 38.5 Å². The van der Waals surface area contributed by atoms with E-state index in [1.54, 1.807) is 0 Å². The molecule has 1 saturated heterocycles. The Hall–Kier alpha value is -0.600. The molecular formula is C13H23NO. The molecule has 2 heteroatoms. The molecule has 2 aliphatic rings. The molecule has 1 atom stereocenters. The predicted molar refractivity (Wildman–Crippen MR) is 65.0 cm³/mol. The molecule has 1 fully saturated rings. The zero-order valence-electron chi connectivity index (χ0n) is 9.96. The normalized spacial score (nSPS) is 25.2. The predicted octanol–water partition coefficient (Wildman–Crippen LogP) is 2.67. The van der Waals surface area contributed by atoms with Gasteiger partial charge in [0.1, 0.15) is 0 Å². The van der Waals surface area contributed by atoms with Gasteiger partial charge in [0.2, 0.25) is 0 Å². The van der Waals surface area contributed by atoms with Crippen molar-refractivity contribution >= 4 is 0 Å². The molecule has 0 saturated carbocycles. The number of nitrogens with one attached hydrogen (secondary N) is 1. The fourth-order valence-electron chi connectivity index (χ4n) is 1.65. The van der Waals surface area contributed by atoms with Crippen LogP contribution >= 0.6 is 0 Å². The van der Waals surface area contributed by atoms with Crippen LogP contribution in [0, 0.1) is 0 Å². The van der Waals surface area contributed by atoms with E-state index in [9.17, 15) is 0 Å². The molecule has 0 spiro atoms. The lowest BCUT2D eigenvalue weighted by atomic mass is 10.0. The van der Waals surface area contributed by atoms with Crippen molar-refractivity contribution in [1.82, 2.24) is 5.32 Å². The van der Waals surface area contributed by atoms with E-state index in [1.165, 1.54) is 24.8 Å². The lowest BCUT2D eigenvalue weighted by Crippen LogP contribution is -2.39. The van der Waals surface area contributed by atoms with Gasteiger partial charge in [-0.3, -0.25) is 0 Å². The molecule has 0 amide bonds. The first-order valence-electron chi connectivity index (χ1n) is 6.07. The highest BCUT2D eigenvalue weighted by Gasteiger charge is 2.16. The van der Waals surface area contributed by atoms with Crippen molar-refractivity contribution in [2.24, 2.45) is 0 Å². The van der Waals surface area contributed by atoms with E-state index in [4.69, 9.17) is 4.74 Å². The van der Waals surface area contributed by atoms with Crippen LogP contribution in [0.4, 0.5) is 0 Å². The number of allylic oxidation sites excluding steroid dienone is 2. The molecule has 0 aromatic carbocycles. The van der Waals surface area contributed by atoms with Crippen molar-refractivity contribution in [3.63, 3.8) is 0 Å². The van der Waals surface area contributed by atoms with Crippen molar-refractivity contribution in [1.29, 1.82) is 0 Å². The lowest BCUT2D eigenvalue weighted by molar-refractivity contribution is 0.0536. The maximum Gasteiger partial charge on any atom is 0.0946 e. The Morgan fingerprint density at radius 1 is 1.40 bits per heavy atom. The molecule has 0 bridgehead atoms. The van der Waals surface area contributed by atoms with Gasteiger partial charge in [0.15, 0.2) is 0 Å². The van der Waals surface area contributed by atoms with Crippen molar-refractivity contribution in [2.45, 2.75) is 39.2 Å². The summed E-state index contributed by atoms with van der Waals surface area (Å²) in [6, 6.07) is 0. The first-order valence-corrected chi connectivity index (χ1v) is 6.07. The minimum Gasteiger partial charge on any atom is -0.371 e. The smallest absolute Gasteiger partial charge is 0.0946 e. The molecule has 0 aromatic heterocycles. The standard InChI is InChI=1S/C10H15NO.C3H8/c1-2-4-9(5-3-1)10-8-11-6-7-12-10;1-3-2/h2,4-5,10-11H,1,3,6-8H2;3H2,1-2H3. The molecule has 1 aliphatic heterocycles. The average Bonchev–Trinajstić information content (AvgIpc) is 2.32. The van der Waals surface area contributed by atoms with Gasteiger partial charge in [0, 0.05) is 13.1 Å². The molecule has 1 aliphatic carbocycles. The van der Waals surface area contributed by atoms with Crippen LogP contribution in [0.1, 0.15) is 33.1 Å².